The highest BCUT2D eigenvalue weighted by Gasteiger charge is 2.11. The van der Waals surface area contributed by atoms with Crippen LogP contribution in [0.3, 0.4) is 0 Å². The molecule has 6 heteroatoms. The van der Waals surface area contributed by atoms with Crippen molar-refractivity contribution in [3.05, 3.63) is 52.3 Å². The molecule has 0 aliphatic heterocycles. The molecule has 0 aliphatic rings. The van der Waals surface area contributed by atoms with Crippen molar-refractivity contribution in [2.75, 3.05) is 14.2 Å². The maximum absolute atomic E-state index is 9.94. The molecule has 3 rings (SSSR count). The van der Waals surface area contributed by atoms with Crippen LogP contribution in [0.1, 0.15) is 10.6 Å². The molecule has 0 fully saturated rings. The number of aromatic hydroxyl groups is 2. The number of thiazole rings is 1. The lowest BCUT2D eigenvalue weighted by Gasteiger charge is -2.08. The molecule has 0 unspecified atom stereocenters. The van der Waals surface area contributed by atoms with E-state index in [4.69, 9.17) is 9.47 Å². The highest BCUT2D eigenvalue weighted by molar-refractivity contribution is 7.10. The molecular weight excluding hydrogens is 326 g/mol. The van der Waals surface area contributed by atoms with Crippen LogP contribution >= 0.6 is 11.3 Å². The van der Waals surface area contributed by atoms with E-state index in [1.807, 2.05) is 23.6 Å². The number of ether oxygens (including phenoxy) is 2. The maximum atomic E-state index is 9.94. The van der Waals surface area contributed by atoms with Crippen molar-refractivity contribution in [1.82, 2.24) is 4.98 Å². The van der Waals surface area contributed by atoms with E-state index in [0.717, 1.165) is 10.6 Å². The number of aromatic nitrogens is 1. The molecule has 5 nitrogen and oxygen atoms in total. The minimum Gasteiger partial charge on any atom is -0.508 e. The van der Waals surface area contributed by atoms with Crippen molar-refractivity contribution in [1.29, 1.82) is 0 Å². The summed E-state index contributed by atoms with van der Waals surface area (Å²) in [4.78, 5) is 4.57. The van der Waals surface area contributed by atoms with E-state index in [2.05, 4.69) is 4.98 Å². The number of methoxy groups -OCH3 is 2. The van der Waals surface area contributed by atoms with Crippen molar-refractivity contribution in [2.45, 2.75) is 6.42 Å². The van der Waals surface area contributed by atoms with Crippen LogP contribution < -0.4 is 9.47 Å². The van der Waals surface area contributed by atoms with Gasteiger partial charge >= 0.3 is 0 Å². The summed E-state index contributed by atoms with van der Waals surface area (Å²) in [6.07, 6.45) is 0.657. The van der Waals surface area contributed by atoms with Crippen molar-refractivity contribution in [3.8, 4) is 34.3 Å². The van der Waals surface area contributed by atoms with Gasteiger partial charge in [-0.05, 0) is 29.8 Å². The fourth-order valence-electron chi connectivity index (χ4n) is 2.42. The second-order valence-electron chi connectivity index (χ2n) is 5.19. The van der Waals surface area contributed by atoms with E-state index in [1.54, 1.807) is 20.3 Å². The molecule has 0 atom stereocenters. The van der Waals surface area contributed by atoms with E-state index in [-0.39, 0.29) is 11.5 Å². The third kappa shape index (κ3) is 3.28. The fourth-order valence-corrected chi connectivity index (χ4v) is 3.25. The first kappa shape index (κ1) is 16.1. The van der Waals surface area contributed by atoms with Crippen LogP contribution in [-0.2, 0) is 6.42 Å². The van der Waals surface area contributed by atoms with Crippen LogP contribution in [0.25, 0.3) is 11.3 Å². The summed E-state index contributed by atoms with van der Waals surface area (Å²) < 4.78 is 10.6. The molecule has 0 amide bonds. The Balaban J connectivity index is 1.84. The third-order valence-corrected chi connectivity index (χ3v) is 4.46. The summed E-state index contributed by atoms with van der Waals surface area (Å²) >= 11 is 1.52. The molecular formula is C18H17NO4S. The molecule has 0 spiro atoms. The van der Waals surface area contributed by atoms with Gasteiger partial charge in [-0.2, -0.15) is 0 Å². The Hall–Kier alpha value is -2.73. The van der Waals surface area contributed by atoms with Gasteiger partial charge < -0.3 is 19.7 Å². The van der Waals surface area contributed by atoms with Crippen molar-refractivity contribution >= 4 is 11.3 Å². The van der Waals surface area contributed by atoms with E-state index in [1.165, 1.54) is 23.5 Å². The Bertz CT molecular complexity index is 860. The second kappa shape index (κ2) is 6.80. The van der Waals surface area contributed by atoms with Gasteiger partial charge in [0.15, 0.2) is 11.5 Å². The van der Waals surface area contributed by atoms with Crippen LogP contribution in [0.2, 0.25) is 0 Å². The quantitative estimate of drug-likeness (QED) is 0.737. The lowest BCUT2D eigenvalue weighted by molar-refractivity contribution is 0.354. The van der Waals surface area contributed by atoms with Crippen LogP contribution in [0.5, 0.6) is 23.0 Å². The standard InChI is InChI=1S/C18H17NO4S/c1-22-16-6-3-11(7-17(16)23-2)8-18-19-14(10-24-18)13-5-4-12(20)9-15(13)21/h3-7,9-10,20-21H,8H2,1-2H3. The van der Waals surface area contributed by atoms with E-state index < -0.39 is 0 Å². The van der Waals surface area contributed by atoms with Crippen LogP contribution in [0.15, 0.2) is 41.8 Å². The summed E-state index contributed by atoms with van der Waals surface area (Å²) in [5, 5.41) is 22.1. The summed E-state index contributed by atoms with van der Waals surface area (Å²) in [5.41, 5.74) is 2.35. The highest BCUT2D eigenvalue weighted by atomic mass is 32.1. The first-order valence-electron chi connectivity index (χ1n) is 7.28. The molecule has 2 N–H and O–H groups in total. The van der Waals surface area contributed by atoms with Gasteiger partial charge in [0.1, 0.15) is 11.5 Å². The number of hydrogen-bond acceptors (Lipinski definition) is 6. The minimum atomic E-state index is 0.0120. The average Bonchev–Trinajstić information content (AvgIpc) is 3.02. The molecule has 2 aromatic carbocycles. The first-order chi connectivity index (χ1) is 11.6. The zero-order chi connectivity index (χ0) is 17.1. The third-order valence-electron chi connectivity index (χ3n) is 3.61. The summed E-state index contributed by atoms with van der Waals surface area (Å²) in [5.74, 6) is 1.41. The van der Waals surface area contributed by atoms with Gasteiger partial charge in [-0.25, -0.2) is 4.98 Å². The molecule has 3 aromatic rings. The SMILES string of the molecule is COc1ccc(Cc2nc(-c3ccc(O)cc3O)cs2)cc1OC. The number of benzene rings is 2. The molecule has 0 saturated heterocycles. The van der Waals surface area contributed by atoms with Gasteiger partial charge in [-0.15, -0.1) is 11.3 Å². The van der Waals surface area contributed by atoms with Gasteiger partial charge in [0.05, 0.1) is 24.9 Å². The van der Waals surface area contributed by atoms with E-state index >= 15 is 0 Å². The Morgan fingerprint density at radius 2 is 1.79 bits per heavy atom. The number of nitrogens with zero attached hydrogens (tertiary/aromatic N) is 1. The fraction of sp³-hybridized carbons (Fsp3) is 0.167. The predicted molar refractivity (Wildman–Crippen MR) is 93.2 cm³/mol. The monoisotopic (exact) mass is 343 g/mol. The van der Waals surface area contributed by atoms with Gasteiger partial charge in [0.2, 0.25) is 0 Å². The molecule has 1 heterocycles. The highest BCUT2D eigenvalue weighted by Crippen LogP contribution is 2.34. The van der Waals surface area contributed by atoms with Crippen LogP contribution in [-0.4, -0.2) is 29.4 Å². The summed E-state index contributed by atoms with van der Waals surface area (Å²) in [6.45, 7) is 0. The van der Waals surface area contributed by atoms with Crippen LogP contribution in [0, 0.1) is 0 Å². The molecule has 0 radical (unpaired) electrons. The molecule has 24 heavy (non-hydrogen) atoms. The molecule has 0 aliphatic carbocycles. The Labute approximate surface area is 143 Å². The van der Waals surface area contributed by atoms with Gasteiger partial charge in [-0.1, -0.05) is 6.07 Å². The molecule has 0 saturated carbocycles. The minimum absolute atomic E-state index is 0.0120. The first-order valence-corrected chi connectivity index (χ1v) is 8.16. The summed E-state index contributed by atoms with van der Waals surface area (Å²) in [6, 6.07) is 10.3. The Morgan fingerprint density at radius 3 is 2.50 bits per heavy atom. The maximum Gasteiger partial charge on any atom is 0.160 e. The van der Waals surface area contributed by atoms with Crippen LogP contribution in [0.4, 0.5) is 0 Å². The number of rotatable bonds is 5. The van der Waals surface area contributed by atoms with E-state index in [0.29, 0.717) is 29.2 Å². The largest absolute Gasteiger partial charge is 0.508 e. The zero-order valence-electron chi connectivity index (χ0n) is 13.3. The predicted octanol–water partition coefficient (Wildman–Crippen LogP) is 3.83. The molecule has 124 valence electrons. The average molecular weight is 343 g/mol. The lowest BCUT2D eigenvalue weighted by atomic mass is 10.1. The van der Waals surface area contributed by atoms with Crippen molar-refractivity contribution in [2.24, 2.45) is 0 Å². The van der Waals surface area contributed by atoms with Gasteiger partial charge in [0.25, 0.3) is 0 Å². The Morgan fingerprint density at radius 1 is 1.00 bits per heavy atom. The lowest BCUT2D eigenvalue weighted by Crippen LogP contribution is -1.93. The number of hydrogen-bond donors (Lipinski definition) is 2. The topological polar surface area (TPSA) is 71.8 Å². The smallest absolute Gasteiger partial charge is 0.160 e. The molecule has 1 aromatic heterocycles. The molecule has 0 bridgehead atoms. The number of phenols is 2. The Kier molecular flexibility index (Phi) is 4.57. The number of phenolic OH excluding ortho intramolecular Hbond substituents is 2. The second-order valence-corrected chi connectivity index (χ2v) is 6.14. The normalized spacial score (nSPS) is 10.6. The van der Waals surface area contributed by atoms with Gasteiger partial charge in [-0.3, -0.25) is 0 Å². The van der Waals surface area contributed by atoms with Crippen molar-refractivity contribution in [3.63, 3.8) is 0 Å². The summed E-state index contributed by atoms with van der Waals surface area (Å²) in [7, 11) is 3.21. The van der Waals surface area contributed by atoms with E-state index in [9.17, 15) is 10.2 Å². The van der Waals surface area contributed by atoms with Gasteiger partial charge in [0, 0.05) is 23.4 Å². The zero-order valence-corrected chi connectivity index (χ0v) is 14.1. The van der Waals surface area contributed by atoms with Crippen molar-refractivity contribution < 1.29 is 19.7 Å².